The highest BCUT2D eigenvalue weighted by atomic mass is 16.5. The molecular formula is C15H23NO2. The third-order valence-electron chi connectivity index (χ3n) is 3.32. The predicted molar refractivity (Wildman–Crippen MR) is 73.4 cm³/mol. The average Bonchev–Trinajstić information content (AvgIpc) is 2.34. The minimum absolute atomic E-state index is 0.118. The molecule has 1 heterocycles. The van der Waals surface area contributed by atoms with Crippen molar-refractivity contribution in [3.8, 4) is 11.5 Å². The summed E-state index contributed by atoms with van der Waals surface area (Å²) in [6.45, 7) is 7.49. The van der Waals surface area contributed by atoms with Gasteiger partial charge in [-0.25, -0.2) is 0 Å². The fourth-order valence-corrected chi connectivity index (χ4v) is 2.46. The third-order valence-corrected chi connectivity index (χ3v) is 3.32. The van der Waals surface area contributed by atoms with Crippen LogP contribution in [0.3, 0.4) is 0 Å². The molecule has 1 aromatic carbocycles. The zero-order valence-corrected chi connectivity index (χ0v) is 11.7. The van der Waals surface area contributed by atoms with Crippen LogP contribution in [-0.4, -0.2) is 19.3 Å². The van der Waals surface area contributed by atoms with Crippen molar-refractivity contribution in [1.29, 1.82) is 0 Å². The van der Waals surface area contributed by atoms with Gasteiger partial charge in [-0.2, -0.15) is 0 Å². The highest BCUT2D eigenvalue weighted by molar-refractivity contribution is 5.44. The summed E-state index contributed by atoms with van der Waals surface area (Å²) in [5, 5.41) is 3.60. The van der Waals surface area contributed by atoms with Gasteiger partial charge in [-0.15, -0.1) is 0 Å². The fraction of sp³-hybridized carbons (Fsp3) is 0.600. The van der Waals surface area contributed by atoms with E-state index in [0.717, 1.165) is 30.9 Å². The third kappa shape index (κ3) is 2.78. The summed E-state index contributed by atoms with van der Waals surface area (Å²) in [6.07, 6.45) is 2.12. The first-order chi connectivity index (χ1) is 8.55. The number of ether oxygens (including phenoxy) is 2. The monoisotopic (exact) mass is 249 g/mol. The van der Waals surface area contributed by atoms with Gasteiger partial charge in [0.1, 0.15) is 17.1 Å². The lowest BCUT2D eigenvalue weighted by molar-refractivity contribution is 0.0659. The number of fused-ring (bicyclic) bond motifs is 1. The highest BCUT2D eigenvalue weighted by Gasteiger charge is 2.33. The standard InChI is InChI=1S/C15H23NO2/c1-5-8-16-13-10-15(2,3)18-14-7-6-11(17-4)9-12(13)14/h6-7,9,13,16H,5,8,10H2,1-4H3. The van der Waals surface area contributed by atoms with Crippen molar-refractivity contribution < 1.29 is 9.47 Å². The van der Waals surface area contributed by atoms with Crippen LogP contribution in [0.15, 0.2) is 18.2 Å². The molecule has 1 atom stereocenters. The molecule has 1 aliphatic rings. The van der Waals surface area contributed by atoms with Crippen molar-refractivity contribution in [3.63, 3.8) is 0 Å². The van der Waals surface area contributed by atoms with Crippen LogP contribution in [0.5, 0.6) is 11.5 Å². The Morgan fingerprint density at radius 3 is 2.89 bits per heavy atom. The van der Waals surface area contributed by atoms with E-state index >= 15 is 0 Å². The van der Waals surface area contributed by atoms with E-state index in [1.165, 1.54) is 5.56 Å². The lowest BCUT2D eigenvalue weighted by atomic mass is 9.89. The van der Waals surface area contributed by atoms with Crippen molar-refractivity contribution >= 4 is 0 Å². The molecule has 0 spiro atoms. The normalized spacial score (nSPS) is 21.0. The molecule has 0 saturated heterocycles. The van der Waals surface area contributed by atoms with Gasteiger partial charge < -0.3 is 14.8 Å². The number of benzene rings is 1. The molecule has 1 aromatic rings. The predicted octanol–water partition coefficient (Wildman–Crippen LogP) is 3.30. The molecule has 100 valence electrons. The zero-order chi connectivity index (χ0) is 13.2. The van der Waals surface area contributed by atoms with Crippen molar-refractivity contribution in [2.45, 2.75) is 45.3 Å². The van der Waals surface area contributed by atoms with E-state index in [-0.39, 0.29) is 5.60 Å². The van der Waals surface area contributed by atoms with Crippen LogP contribution in [0.2, 0.25) is 0 Å². The SMILES string of the molecule is CCCNC1CC(C)(C)Oc2ccc(OC)cc21. The van der Waals surface area contributed by atoms with E-state index in [2.05, 4.69) is 32.2 Å². The van der Waals surface area contributed by atoms with Crippen LogP contribution in [0.4, 0.5) is 0 Å². The number of hydrogen-bond acceptors (Lipinski definition) is 3. The largest absolute Gasteiger partial charge is 0.497 e. The maximum atomic E-state index is 6.03. The summed E-state index contributed by atoms with van der Waals surface area (Å²) in [5.41, 5.74) is 1.09. The Hall–Kier alpha value is -1.22. The van der Waals surface area contributed by atoms with E-state index in [9.17, 15) is 0 Å². The lowest BCUT2D eigenvalue weighted by Gasteiger charge is -2.38. The Morgan fingerprint density at radius 1 is 1.44 bits per heavy atom. The molecule has 0 saturated carbocycles. The molecule has 0 bridgehead atoms. The minimum Gasteiger partial charge on any atom is -0.497 e. The van der Waals surface area contributed by atoms with Crippen molar-refractivity contribution in [3.05, 3.63) is 23.8 Å². The second-order valence-electron chi connectivity index (χ2n) is 5.48. The average molecular weight is 249 g/mol. The Morgan fingerprint density at radius 2 is 2.22 bits per heavy atom. The maximum Gasteiger partial charge on any atom is 0.125 e. The van der Waals surface area contributed by atoms with Gasteiger partial charge in [0.05, 0.1) is 7.11 Å². The van der Waals surface area contributed by atoms with Gasteiger partial charge in [0, 0.05) is 18.0 Å². The molecule has 2 rings (SSSR count). The number of hydrogen-bond donors (Lipinski definition) is 1. The summed E-state index contributed by atoms with van der Waals surface area (Å²) in [4.78, 5) is 0. The Balaban J connectivity index is 2.31. The summed E-state index contributed by atoms with van der Waals surface area (Å²) >= 11 is 0. The van der Waals surface area contributed by atoms with Gasteiger partial charge in [-0.05, 0) is 45.0 Å². The molecule has 3 heteroatoms. The Labute approximate surface area is 109 Å². The highest BCUT2D eigenvalue weighted by Crippen LogP contribution is 2.40. The molecule has 0 aromatic heterocycles. The molecule has 18 heavy (non-hydrogen) atoms. The smallest absolute Gasteiger partial charge is 0.125 e. The van der Waals surface area contributed by atoms with E-state index in [1.807, 2.05) is 12.1 Å². The summed E-state index contributed by atoms with van der Waals surface area (Å²) in [6, 6.07) is 6.39. The summed E-state index contributed by atoms with van der Waals surface area (Å²) in [5.74, 6) is 1.86. The lowest BCUT2D eigenvalue weighted by Crippen LogP contribution is -2.39. The number of methoxy groups -OCH3 is 1. The van der Waals surface area contributed by atoms with Crippen molar-refractivity contribution in [2.75, 3.05) is 13.7 Å². The molecular weight excluding hydrogens is 226 g/mol. The minimum atomic E-state index is -0.118. The van der Waals surface area contributed by atoms with Crippen LogP contribution < -0.4 is 14.8 Å². The number of nitrogens with one attached hydrogen (secondary N) is 1. The first-order valence-corrected chi connectivity index (χ1v) is 6.66. The molecule has 3 nitrogen and oxygen atoms in total. The van der Waals surface area contributed by atoms with Crippen LogP contribution >= 0.6 is 0 Å². The topological polar surface area (TPSA) is 30.5 Å². The van der Waals surface area contributed by atoms with Gasteiger partial charge in [0.2, 0.25) is 0 Å². The molecule has 0 radical (unpaired) electrons. The zero-order valence-electron chi connectivity index (χ0n) is 11.7. The Kier molecular flexibility index (Phi) is 3.81. The molecule has 0 aliphatic carbocycles. The van der Waals surface area contributed by atoms with Gasteiger partial charge in [-0.1, -0.05) is 6.92 Å². The quantitative estimate of drug-likeness (QED) is 0.888. The number of rotatable bonds is 4. The van der Waals surface area contributed by atoms with E-state index in [0.29, 0.717) is 6.04 Å². The first kappa shape index (κ1) is 13.2. The van der Waals surface area contributed by atoms with Crippen LogP contribution in [0.25, 0.3) is 0 Å². The summed E-state index contributed by atoms with van der Waals surface area (Å²) in [7, 11) is 1.70. The van der Waals surface area contributed by atoms with Gasteiger partial charge in [0.15, 0.2) is 0 Å². The van der Waals surface area contributed by atoms with Crippen molar-refractivity contribution in [1.82, 2.24) is 5.32 Å². The Bertz CT molecular complexity index is 415. The molecule has 0 amide bonds. The van der Waals surface area contributed by atoms with Gasteiger partial charge >= 0.3 is 0 Å². The van der Waals surface area contributed by atoms with Crippen LogP contribution in [0, 0.1) is 0 Å². The van der Waals surface area contributed by atoms with Crippen molar-refractivity contribution in [2.24, 2.45) is 0 Å². The first-order valence-electron chi connectivity index (χ1n) is 6.66. The van der Waals surface area contributed by atoms with E-state index in [1.54, 1.807) is 7.11 Å². The van der Waals surface area contributed by atoms with Gasteiger partial charge in [-0.3, -0.25) is 0 Å². The summed E-state index contributed by atoms with van der Waals surface area (Å²) < 4.78 is 11.3. The molecule has 1 aliphatic heterocycles. The molecule has 0 fully saturated rings. The maximum absolute atomic E-state index is 6.03. The molecule has 1 N–H and O–H groups in total. The van der Waals surface area contributed by atoms with Crippen LogP contribution in [-0.2, 0) is 0 Å². The fourth-order valence-electron chi connectivity index (χ4n) is 2.46. The second kappa shape index (κ2) is 5.19. The molecule has 1 unspecified atom stereocenters. The van der Waals surface area contributed by atoms with Gasteiger partial charge in [0.25, 0.3) is 0 Å². The second-order valence-corrected chi connectivity index (χ2v) is 5.48. The van der Waals surface area contributed by atoms with E-state index in [4.69, 9.17) is 9.47 Å². The van der Waals surface area contributed by atoms with E-state index < -0.39 is 0 Å². The van der Waals surface area contributed by atoms with Crippen LogP contribution in [0.1, 0.15) is 45.2 Å².